The first-order valence-electron chi connectivity index (χ1n) is 7.04. The van der Waals surface area contributed by atoms with E-state index in [9.17, 15) is 9.59 Å². The van der Waals surface area contributed by atoms with Gasteiger partial charge in [0.05, 0.1) is 17.8 Å². The van der Waals surface area contributed by atoms with E-state index >= 15 is 0 Å². The molecule has 1 saturated heterocycles. The van der Waals surface area contributed by atoms with Gasteiger partial charge in [-0.15, -0.1) is 11.3 Å². The monoisotopic (exact) mass is 317 g/mol. The molecular weight excluding hydrogens is 302 g/mol. The Hall–Kier alpha value is -2.28. The molecule has 0 saturated carbocycles. The van der Waals surface area contributed by atoms with Gasteiger partial charge in [-0.25, -0.2) is 4.98 Å². The van der Waals surface area contributed by atoms with Crippen LogP contribution in [0.15, 0.2) is 30.6 Å². The molecule has 1 aliphatic rings. The Kier molecular flexibility index (Phi) is 4.15. The van der Waals surface area contributed by atoms with Crippen molar-refractivity contribution in [1.82, 2.24) is 14.9 Å². The van der Waals surface area contributed by atoms with Crippen LogP contribution in [0.3, 0.4) is 0 Å². The summed E-state index contributed by atoms with van der Waals surface area (Å²) in [6.07, 6.45) is 4.27. The fraction of sp³-hybridized carbons (Fsp3) is 0.333. The maximum Gasteiger partial charge on any atom is 0.306 e. The predicted octanol–water partition coefficient (Wildman–Crippen LogP) is 2.14. The zero-order valence-electron chi connectivity index (χ0n) is 11.8. The molecule has 1 fully saturated rings. The second-order valence-corrected chi connectivity index (χ2v) is 6.18. The van der Waals surface area contributed by atoms with Crippen LogP contribution in [-0.4, -0.2) is 44.9 Å². The first kappa shape index (κ1) is 14.6. The standard InChI is InChI=1S/C15H15N3O3S/c19-14(18-7-4-10(5-8-18)15(20)21)12-9-17-13(22-12)11-3-1-2-6-16-11/h1-3,6,9-10H,4-5,7-8H2,(H,20,21). The lowest BCUT2D eigenvalue weighted by Crippen LogP contribution is -2.39. The Morgan fingerprint density at radius 3 is 2.64 bits per heavy atom. The van der Waals surface area contributed by atoms with E-state index in [-0.39, 0.29) is 11.8 Å². The Bertz CT molecular complexity index is 678. The van der Waals surface area contributed by atoms with E-state index < -0.39 is 5.97 Å². The van der Waals surface area contributed by atoms with E-state index in [2.05, 4.69) is 9.97 Å². The number of pyridine rings is 1. The van der Waals surface area contributed by atoms with Crippen molar-refractivity contribution < 1.29 is 14.7 Å². The number of amides is 1. The number of rotatable bonds is 3. The lowest BCUT2D eigenvalue weighted by Gasteiger charge is -2.29. The largest absolute Gasteiger partial charge is 0.481 e. The Labute approximate surface area is 131 Å². The van der Waals surface area contributed by atoms with Crippen LogP contribution >= 0.6 is 11.3 Å². The second-order valence-electron chi connectivity index (χ2n) is 5.15. The van der Waals surface area contributed by atoms with Crippen molar-refractivity contribution in [2.45, 2.75) is 12.8 Å². The van der Waals surface area contributed by atoms with Gasteiger partial charge in [0.25, 0.3) is 5.91 Å². The van der Waals surface area contributed by atoms with Gasteiger partial charge in [-0.3, -0.25) is 14.6 Å². The van der Waals surface area contributed by atoms with Crippen LogP contribution in [0.25, 0.3) is 10.7 Å². The Balaban J connectivity index is 1.69. The molecule has 0 unspecified atom stereocenters. The van der Waals surface area contributed by atoms with Crippen molar-refractivity contribution in [3.8, 4) is 10.7 Å². The van der Waals surface area contributed by atoms with Crippen LogP contribution in [0.5, 0.6) is 0 Å². The van der Waals surface area contributed by atoms with Crippen molar-refractivity contribution in [3.05, 3.63) is 35.5 Å². The zero-order chi connectivity index (χ0) is 15.5. The highest BCUT2D eigenvalue weighted by Crippen LogP contribution is 2.26. The van der Waals surface area contributed by atoms with Crippen molar-refractivity contribution >= 4 is 23.2 Å². The van der Waals surface area contributed by atoms with Crippen LogP contribution in [-0.2, 0) is 4.79 Å². The lowest BCUT2D eigenvalue weighted by atomic mass is 9.97. The molecule has 0 aromatic carbocycles. The van der Waals surface area contributed by atoms with Gasteiger partial charge in [-0.05, 0) is 25.0 Å². The van der Waals surface area contributed by atoms with E-state index in [0.717, 1.165) is 5.69 Å². The first-order valence-corrected chi connectivity index (χ1v) is 7.86. The smallest absolute Gasteiger partial charge is 0.306 e. The number of nitrogens with zero attached hydrogens (tertiary/aromatic N) is 3. The summed E-state index contributed by atoms with van der Waals surface area (Å²) in [5, 5.41) is 9.70. The number of carbonyl (C=O) groups is 2. The minimum Gasteiger partial charge on any atom is -0.481 e. The zero-order valence-corrected chi connectivity index (χ0v) is 12.6. The number of piperidine rings is 1. The molecule has 6 nitrogen and oxygen atoms in total. The van der Waals surface area contributed by atoms with Crippen molar-refractivity contribution in [2.75, 3.05) is 13.1 Å². The van der Waals surface area contributed by atoms with Crippen LogP contribution in [0.1, 0.15) is 22.5 Å². The van der Waals surface area contributed by atoms with E-state index in [1.54, 1.807) is 17.3 Å². The average molecular weight is 317 g/mol. The van der Waals surface area contributed by atoms with Crippen LogP contribution in [0.4, 0.5) is 0 Å². The van der Waals surface area contributed by atoms with Crippen LogP contribution in [0, 0.1) is 5.92 Å². The van der Waals surface area contributed by atoms with Gasteiger partial charge in [-0.2, -0.15) is 0 Å². The third-order valence-electron chi connectivity index (χ3n) is 3.73. The molecule has 114 valence electrons. The van der Waals surface area contributed by atoms with Gasteiger partial charge >= 0.3 is 5.97 Å². The number of aromatic nitrogens is 2. The molecule has 2 aromatic heterocycles. The molecule has 0 atom stereocenters. The van der Waals surface area contributed by atoms with Gasteiger partial charge in [0.15, 0.2) is 0 Å². The number of hydrogen-bond acceptors (Lipinski definition) is 5. The van der Waals surface area contributed by atoms with Gasteiger partial charge in [-0.1, -0.05) is 6.07 Å². The van der Waals surface area contributed by atoms with E-state index in [4.69, 9.17) is 5.11 Å². The van der Waals surface area contributed by atoms with Gasteiger partial charge in [0.2, 0.25) is 0 Å². The average Bonchev–Trinajstić information content (AvgIpc) is 3.05. The Morgan fingerprint density at radius 2 is 2.00 bits per heavy atom. The SMILES string of the molecule is O=C(O)C1CCN(C(=O)c2cnc(-c3ccccn3)s2)CC1. The van der Waals surface area contributed by atoms with Crippen molar-refractivity contribution in [1.29, 1.82) is 0 Å². The normalized spacial score (nSPS) is 15.7. The number of carboxylic acids is 1. The van der Waals surface area contributed by atoms with Gasteiger partial charge < -0.3 is 10.0 Å². The second kappa shape index (κ2) is 6.23. The van der Waals surface area contributed by atoms with E-state index in [0.29, 0.717) is 35.8 Å². The molecule has 0 aliphatic carbocycles. The number of likely N-dealkylation sites (tertiary alicyclic amines) is 1. The summed E-state index contributed by atoms with van der Waals surface area (Å²) >= 11 is 1.31. The molecule has 22 heavy (non-hydrogen) atoms. The molecule has 2 aromatic rings. The third-order valence-corrected chi connectivity index (χ3v) is 4.74. The molecule has 7 heteroatoms. The molecular formula is C15H15N3O3S. The molecule has 3 rings (SSSR count). The summed E-state index contributed by atoms with van der Waals surface area (Å²) in [7, 11) is 0. The summed E-state index contributed by atoms with van der Waals surface area (Å²) in [5.41, 5.74) is 0.746. The summed E-state index contributed by atoms with van der Waals surface area (Å²) in [5.74, 6) is -1.19. The molecule has 0 spiro atoms. The first-order chi connectivity index (χ1) is 10.6. The molecule has 0 radical (unpaired) electrons. The van der Waals surface area contributed by atoms with Crippen LogP contribution < -0.4 is 0 Å². The predicted molar refractivity (Wildman–Crippen MR) is 81.6 cm³/mol. The summed E-state index contributed by atoms with van der Waals surface area (Å²) in [4.78, 5) is 34.1. The molecule has 0 bridgehead atoms. The van der Waals surface area contributed by atoms with Crippen LogP contribution in [0.2, 0.25) is 0 Å². The summed E-state index contributed by atoms with van der Waals surface area (Å²) in [6.45, 7) is 0.958. The highest BCUT2D eigenvalue weighted by atomic mass is 32.1. The lowest BCUT2D eigenvalue weighted by molar-refractivity contribution is -0.143. The maximum atomic E-state index is 12.4. The van der Waals surface area contributed by atoms with Gasteiger partial charge in [0, 0.05) is 19.3 Å². The summed E-state index contributed by atoms with van der Waals surface area (Å²) in [6, 6.07) is 5.56. The molecule has 1 N–H and O–H groups in total. The topological polar surface area (TPSA) is 83.4 Å². The third kappa shape index (κ3) is 2.99. The minimum absolute atomic E-state index is 0.0801. The highest BCUT2D eigenvalue weighted by Gasteiger charge is 2.28. The van der Waals surface area contributed by atoms with Crippen molar-refractivity contribution in [3.63, 3.8) is 0 Å². The summed E-state index contributed by atoms with van der Waals surface area (Å²) < 4.78 is 0. The van der Waals surface area contributed by atoms with E-state index in [1.165, 1.54) is 11.3 Å². The van der Waals surface area contributed by atoms with Gasteiger partial charge in [0.1, 0.15) is 9.88 Å². The highest BCUT2D eigenvalue weighted by molar-refractivity contribution is 7.16. The van der Waals surface area contributed by atoms with E-state index in [1.807, 2.05) is 18.2 Å². The number of carboxylic acid groups (broad SMARTS) is 1. The number of carbonyl (C=O) groups excluding carboxylic acids is 1. The van der Waals surface area contributed by atoms with Crippen molar-refractivity contribution in [2.24, 2.45) is 5.92 Å². The fourth-order valence-corrected chi connectivity index (χ4v) is 3.33. The number of thiazole rings is 1. The number of aliphatic carboxylic acids is 1. The minimum atomic E-state index is -0.776. The molecule has 1 aliphatic heterocycles. The maximum absolute atomic E-state index is 12.4. The molecule has 1 amide bonds. The quantitative estimate of drug-likeness (QED) is 0.937. The molecule has 3 heterocycles. The Morgan fingerprint density at radius 1 is 1.23 bits per heavy atom. The number of hydrogen-bond donors (Lipinski definition) is 1. The fourth-order valence-electron chi connectivity index (χ4n) is 2.47.